The molecule has 15 heavy (non-hydrogen) atoms. The van der Waals surface area contributed by atoms with Crippen molar-refractivity contribution in [3.8, 4) is 5.75 Å². The topological polar surface area (TPSA) is 46.5 Å². The number of aliphatic carboxylic acids is 1. The summed E-state index contributed by atoms with van der Waals surface area (Å²) in [5.74, 6) is -1.12. The Balaban J connectivity index is 2.77. The van der Waals surface area contributed by atoms with Crippen molar-refractivity contribution in [2.45, 2.75) is 19.8 Å². The third-order valence-corrected chi connectivity index (χ3v) is 1.96. The first-order chi connectivity index (χ1) is 7.00. The maximum Gasteiger partial charge on any atom is 0.341 e. The fourth-order valence-electron chi connectivity index (χ4n) is 1.21. The van der Waals surface area contributed by atoms with E-state index in [0.717, 1.165) is 0 Å². The van der Waals surface area contributed by atoms with Gasteiger partial charge in [0.2, 0.25) is 0 Å². The standard InChI is InChI=1S/C11H13FO3/c1-7(2)9-4-3-8(5-10(9)12)15-6-11(13)14/h3-5,7H,6H2,1-2H3,(H,13,14). The summed E-state index contributed by atoms with van der Waals surface area (Å²) in [6, 6.07) is 4.39. The molecule has 1 aromatic carbocycles. The fraction of sp³-hybridized carbons (Fsp3) is 0.364. The van der Waals surface area contributed by atoms with Crippen molar-refractivity contribution < 1.29 is 19.0 Å². The largest absolute Gasteiger partial charge is 0.482 e. The number of carboxylic acid groups (broad SMARTS) is 1. The summed E-state index contributed by atoms with van der Waals surface area (Å²) < 4.78 is 18.2. The van der Waals surface area contributed by atoms with Crippen LogP contribution in [0.3, 0.4) is 0 Å². The maximum absolute atomic E-state index is 13.4. The zero-order chi connectivity index (χ0) is 11.4. The lowest BCUT2D eigenvalue weighted by Crippen LogP contribution is -2.09. The summed E-state index contributed by atoms with van der Waals surface area (Å²) in [5.41, 5.74) is 0.595. The molecular weight excluding hydrogens is 199 g/mol. The average molecular weight is 212 g/mol. The third kappa shape index (κ3) is 3.23. The molecule has 4 heteroatoms. The van der Waals surface area contributed by atoms with Crippen molar-refractivity contribution in [1.82, 2.24) is 0 Å². The summed E-state index contributed by atoms with van der Waals surface area (Å²) in [6.45, 7) is 3.31. The highest BCUT2D eigenvalue weighted by Crippen LogP contribution is 2.22. The predicted octanol–water partition coefficient (Wildman–Crippen LogP) is 2.41. The minimum absolute atomic E-state index is 0.0959. The van der Waals surface area contributed by atoms with E-state index in [1.807, 2.05) is 13.8 Å². The van der Waals surface area contributed by atoms with E-state index >= 15 is 0 Å². The van der Waals surface area contributed by atoms with Crippen molar-refractivity contribution in [3.05, 3.63) is 29.6 Å². The molecule has 0 aromatic heterocycles. The van der Waals surface area contributed by atoms with Crippen LogP contribution in [0.4, 0.5) is 4.39 Å². The summed E-state index contributed by atoms with van der Waals surface area (Å²) in [5, 5.41) is 8.37. The highest BCUT2D eigenvalue weighted by Gasteiger charge is 2.08. The number of rotatable bonds is 4. The van der Waals surface area contributed by atoms with E-state index in [1.54, 1.807) is 12.1 Å². The molecule has 1 N–H and O–H groups in total. The van der Waals surface area contributed by atoms with Crippen LogP contribution in [0.2, 0.25) is 0 Å². The molecule has 0 fully saturated rings. The van der Waals surface area contributed by atoms with Gasteiger partial charge in [-0.1, -0.05) is 19.9 Å². The number of halogens is 1. The Morgan fingerprint density at radius 1 is 1.53 bits per heavy atom. The summed E-state index contributed by atoms with van der Waals surface area (Å²) in [7, 11) is 0. The fourth-order valence-corrected chi connectivity index (χ4v) is 1.21. The van der Waals surface area contributed by atoms with Crippen molar-refractivity contribution >= 4 is 5.97 Å². The molecule has 0 heterocycles. The minimum atomic E-state index is -1.08. The van der Waals surface area contributed by atoms with Gasteiger partial charge < -0.3 is 9.84 Å². The van der Waals surface area contributed by atoms with Gasteiger partial charge in [-0.25, -0.2) is 9.18 Å². The summed E-state index contributed by atoms with van der Waals surface area (Å²) >= 11 is 0. The molecule has 0 amide bonds. The summed E-state index contributed by atoms with van der Waals surface area (Å²) in [4.78, 5) is 10.2. The highest BCUT2D eigenvalue weighted by molar-refractivity contribution is 5.68. The lowest BCUT2D eigenvalue weighted by Gasteiger charge is -2.09. The monoisotopic (exact) mass is 212 g/mol. The minimum Gasteiger partial charge on any atom is -0.482 e. The van der Waals surface area contributed by atoms with Gasteiger partial charge in [0.1, 0.15) is 11.6 Å². The van der Waals surface area contributed by atoms with Crippen molar-refractivity contribution in [3.63, 3.8) is 0 Å². The van der Waals surface area contributed by atoms with Gasteiger partial charge in [0.05, 0.1) is 0 Å². The molecule has 3 nitrogen and oxygen atoms in total. The number of hydrogen-bond donors (Lipinski definition) is 1. The Morgan fingerprint density at radius 2 is 2.20 bits per heavy atom. The number of benzene rings is 1. The number of carboxylic acids is 1. The number of carbonyl (C=O) groups is 1. The highest BCUT2D eigenvalue weighted by atomic mass is 19.1. The molecule has 0 bridgehead atoms. The third-order valence-electron chi connectivity index (χ3n) is 1.96. The zero-order valence-corrected chi connectivity index (χ0v) is 8.66. The second-order valence-electron chi connectivity index (χ2n) is 3.52. The van der Waals surface area contributed by atoms with Crippen LogP contribution in [-0.2, 0) is 4.79 Å². The van der Waals surface area contributed by atoms with Gasteiger partial charge in [-0.2, -0.15) is 0 Å². The molecule has 0 atom stereocenters. The van der Waals surface area contributed by atoms with Gasteiger partial charge in [0.25, 0.3) is 0 Å². The smallest absolute Gasteiger partial charge is 0.341 e. The molecule has 82 valence electrons. The molecule has 0 aliphatic rings. The van der Waals surface area contributed by atoms with E-state index in [0.29, 0.717) is 5.56 Å². The molecule has 0 aliphatic heterocycles. The quantitative estimate of drug-likeness (QED) is 0.833. The van der Waals surface area contributed by atoms with E-state index in [2.05, 4.69) is 0 Å². The van der Waals surface area contributed by atoms with Crippen LogP contribution < -0.4 is 4.74 Å². The molecular formula is C11H13FO3. The molecule has 1 aromatic rings. The molecule has 0 saturated carbocycles. The normalized spacial score (nSPS) is 10.4. The average Bonchev–Trinajstić information content (AvgIpc) is 2.14. The lowest BCUT2D eigenvalue weighted by molar-refractivity contribution is -0.139. The van der Waals surface area contributed by atoms with Gasteiger partial charge in [0, 0.05) is 6.07 Å². The maximum atomic E-state index is 13.4. The Hall–Kier alpha value is -1.58. The van der Waals surface area contributed by atoms with Crippen LogP contribution in [0.1, 0.15) is 25.3 Å². The van der Waals surface area contributed by atoms with Crippen LogP contribution in [0.25, 0.3) is 0 Å². The summed E-state index contributed by atoms with van der Waals surface area (Å²) in [6.07, 6.45) is 0. The van der Waals surface area contributed by atoms with Crippen LogP contribution in [0, 0.1) is 5.82 Å². The van der Waals surface area contributed by atoms with Gasteiger partial charge >= 0.3 is 5.97 Å². The Kier molecular flexibility index (Phi) is 3.66. The molecule has 0 unspecified atom stereocenters. The molecule has 1 rings (SSSR count). The van der Waals surface area contributed by atoms with Crippen LogP contribution in [0.5, 0.6) is 5.75 Å². The Morgan fingerprint density at radius 3 is 2.67 bits per heavy atom. The van der Waals surface area contributed by atoms with Gasteiger partial charge in [-0.3, -0.25) is 0 Å². The SMILES string of the molecule is CC(C)c1ccc(OCC(=O)O)cc1F. The van der Waals surface area contributed by atoms with Crippen molar-refractivity contribution in [1.29, 1.82) is 0 Å². The lowest BCUT2D eigenvalue weighted by atomic mass is 10.0. The number of hydrogen-bond acceptors (Lipinski definition) is 2. The van der Waals surface area contributed by atoms with E-state index < -0.39 is 12.6 Å². The van der Waals surface area contributed by atoms with Crippen molar-refractivity contribution in [2.75, 3.05) is 6.61 Å². The predicted molar refractivity (Wildman–Crippen MR) is 53.6 cm³/mol. The first kappa shape index (κ1) is 11.5. The second-order valence-corrected chi connectivity index (χ2v) is 3.52. The van der Waals surface area contributed by atoms with Gasteiger partial charge in [-0.05, 0) is 17.5 Å². The van der Waals surface area contributed by atoms with E-state index in [1.165, 1.54) is 6.07 Å². The zero-order valence-electron chi connectivity index (χ0n) is 8.66. The Bertz CT molecular complexity index is 361. The van der Waals surface area contributed by atoms with E-state index in [-0.39, 0.29) is 17.5 Å². The number of ether oxygens (including phenoxy) is 1. The Labute approximate surface area is 87.5 Å². The molecule has 0 radical (unpaired) electrons. The van der Waals surface area contributed by atoms with E-state index in [4.69, 9.17) is 9.84 Å². The van der Waals surface area contributed by atoms with Crippen LogP contribution in [-0.4, -0.2) is 17.7 Å². The molecule has 0 saturated heterocycles. The first-order valence-corrected chi connectivity index (χ1v) is 4.64. The van der Waals surface area contributed by atoms with Gasteiger partial charge in [0.15, 0.2) is 6.61 Å². The van der Waals surface area contributed by atoms with Crippen LogP contribution in [0.15, 0.2) is 18.2 Å². The van der Waals surface area contributed by atoms with E-state index in [9.17, 15) is 9.18 Å². The van der Waals surface area contributed by atoms with Crippen LogP contribution >= 0.6 is 0 Å². The molecule has 0 spiro atoms. The van der Waals surface area contributed by atoms with Crippen molar-refractivity contribution in [2.24, 2.45) is 0 Å². The van der Waals surface area contributed by atoms with Gasteiger partial charge in [-0.15, -0.1) is 0 Å². The first-order valence-electron chi connectivity index (χ1n) is 4.64. The second kappa shape index (κ2) is 4.77. The molecule has 0 aliphatic carbocycles.